The van der Waals surface area contributed by atoms with Crippen molar-refractivity contribution in [2.75, 3.05) is 26.4 Å². The highest BCUT2D eigenvalue weighted by Gasteiger charge is 2.53. The number of amides is 1. The molecule has 3 aliphatic heterocycles. The van der Waals surface area contributed by atoms with Gasteiger partial charge in [-0.05, 0) is 12.8 Å². The fourth-order valence-electron chi connectivity index (χ4n) is 8.75. The van der Waals surface area contributed by atoms with E-state index in [1.54, 1.807) is 6.08 Å². The van der Waals surface area contributed by atoms with Gasteiger partial charge in [-0.25, -0.2) is 0 Å². The van der Waals surface area contributed by atoms with E-state index in [4.69, 9.17) is 28.4 Å². The summed E-state index contributed by atoms with van der Waals surface area (Å²) in [6.07, 6.45) is 3.48. The van der Waals surface area contributed by atoms with Crippen molar-refractivity contribution >= 4 is 5.91 Å². The number of nitrogens with one attached hydrogen (secondary N) is 1. The second-order valence-corrected chi connectivity index (χ2v) is 18.4. The largest absolute Gasteiger partial charge is 0.394 e. The van der Waals surface area contributed by atoms with Crippen molar-refractivity contribution in [1.29, 1.82) is 0 Å². The first kappa shape index (κ1) is 58.8. The van der Waals surface area contributed by atoms with Crippen LogP contribution in [0.3, 0.4) is 0 Å². The van der Waals surface area contributed by atoms with Gasteiger partial charge < -0.3 is 89.9 Å². The Kier molecular flexibility index (Phi) is 29.6. The molecule has 0 spiro atoms. The molecule has 12 N–H and O–H groups in total. The zero-order valence-electron chi connectivity index (χ0n) is 39.4. The molecule has 17 unspecified atom stereocenters. The minimum Gasteiger partial charge on any atom is -0.394 e. The summed E-state index contributed by atoms with van der Waals surface area (Å²) in [5.41, 5.74) is 0. The fraction of sp³-hybridized carbons (Fsp3) is 0.936. The van der Waals surface area contributed by atoms with E-state index >= 15 is 0 Å². The molecule has 3 aliphatic rings. The first-order valence-corrected chi connectivity index (χ1v) is 24.9. The van der Waals surface area contributed by atoms with Crippen LogP contribution < -0.4 is 5.32 Å². The Hall–Kier alpha value is -1.47. The van der Waals surface area contributed by atoms with Gasteiger partial charge in [-0.2, -0.15) is 0 Å². The lowest BCUT2D eigenvalue weighted by Gasteiger charge is -2.48. The Morgan fingerprint density at radius 3 is 1.33 bits per heavy atom. The van der Waals surface area contributed by atoms with Crippen LogP contribution in [0.15, 0.2) is 12.2 Å². The molecule has 0 saturated carbocycles. The van der Waals surface area contributed by atoms with Gasteiger partial charge in [0.05, 0.1) is 38.6 Å². The molecule has 1 amide bonds. The zero-order chi connectivity index (χ0) is 48.4. The van der Waals surface area contributed by atoms with Crippen molar-refractivity contribution in [3.8, 4) is 0 Å². The quantitative estimate of drug-likeness (QED) is 0.0317. The van der Waals surface area contributed by atoms with E-state index in [0.29, 0.717) is 0 Å². The molecule has 3 heterocycles. The normalized spacial score (nSPS) is 33.9. The van der Waals surface area contributed by atoms with Crippen LogP contribution in [-0.4, -0.2) is 193 Å². The molecular weight excluding hydrogens is 867 g/mol. The van der Waals surface area contributed by atoms with E-state index in [2.05, 4.69) is 12.2 Å². The Morgan fingerprint density at radius 2 is 0.909 bits per heavy atom. The number of unbranched alkanes of at least 4 members (excludes halogenated alkanes) is 20. The average molecular weight is 954 g/mol. The van der Waals surface area contributed by atoms with Crippen molar-refractivity contribution in [2.45, 2.75) is 253 Å². The summed E-state index contributed by atoms with van der Waals surface area (Å²) in [7, 11) is 0. The molecule has 0 aliphatic carbocycles. The van der Waals surface area contributed by atoms with Crippen LogP contribution in [0.4, 0.5) is 0 Å². The average Bonchev–Trinajstić information content (AvgIpc) is 3.30. The third kappa shape index (κ3) is 19.7. The smallest absolute Gasteiger partial charge is 0.217 e. The third-order valence-corrected chi connectivity index (χ3v) is 12.9. The predicted octanol–water partition coefficient (Wildman–Crippen LogP) is 1.09. The van der Waals surface area contributed by atoms with E-state index in [9.17, 15) is 61.0 Å². The van der Waals surface area contributed by atoms with Gasteiger partial charge in [0, 0.05) is 6.92 Å². The van der Waals surface area contributed by atoms with E-state index < -0.39 is 130 Å². The molecule has 17 atom stereocenters. The number of aliphatic hydroxyl groups is 11. The van der Waals surface area contributed by atoms with E-state index in [1.165, 1.54) is 116 Å². The van der Waals surface area contributed by atoms with Gasteiger partial charge in [-0.1, -0.05) is 141 Å². The molecule has 3 fully saturated rings. The Morgan fingerprint density at radius 1 is 0.530 bits per heavy atom. The van der Waals surface area contributed by atoms with Crippen LogP contribution in [0.1, 0.15) is 149 Å². The molecule has 19 heteroatoms. The summed E-state index contributed by atoms with van der Waals surface area (Å²) < 4.78 is 33.6. The molecule has 66 heavy (non-hydrogen) atoms. The van der Waals surface area contributed by atoms with Gasteiger partial charge in [0.15, 0.2) is 18.9 Å². The van der Waals surface area contributed by atoms with Crippen molar-refractivity contribution in [1.82, 2.24) is 5.32 Å². The molecule has 19 nitrogen and oxygen atoms in total. The lowest BCUT2D eigenvalue weighted by Crippen LogP contribution is -2.66. The number of hydrogen-bond acceptors (Lipinski definition) is 18. The Labute approximate surface area is 391 Å². The summed E-state index contributed by atoms with van der Waals surface area (Å²) in [6, 6.07) is -0.969. The molecule has 3 rings (SSSR count). The number of allylic oxidation sites excluding steroid dienone is 1. The lowest BCUT2D eigenvalue weighted by atomic mass is 9.96. The highest BCUT2D eigenvalue weighted by Crippen LogP contribution is 2.33. The number of rotatable bonds is 34. The monoisotopic (exact) mass is 954 g/mol. The minimum absolute atomic E-state index is 0.368. The summed E-state index contributed by atoms with van der Waals surface area (Å²) >= 11 is 0. The third-order valence-electron chi connectivity index (χ3n) is 12.9. The molecule has 0 aromatic carbocycles. The van der Waals surface area contributed by atoms with Gasteiger partial charge >= 0.3 is 0 Å². The van der Waals surface area contributed by atoms with Crippen LogP contribution in [0.5, 0.6) is 0 Å². The highest BCUT2D eigenvalue weighted by molar-refractivity contribution is 5.73. The van der Waals surface area contributed by atoms with Crippen LogP contribution in [0, 0.1) is 0 Å². The van der Waals surface area contributed by atoms with Crippen LogP contribution in [0.2, 0.25) is 0 Å². The maximum Gasteiger partial charge on any atom is 0.217 e. The molecule has 0 bridgehead atoms. The van der Waals surface area contributed by atoms with Crippen molar-refractivity contribution in [3.63, 3.8) is 0 Å². The Balaban J connectivity index is 1.36. The molecule has 0 aromatic rings. The summed E-state index contributed by atoms with van der Waals surface area (Å²) in [4.78, 5) is 12.0. The van der Waals surface area contributed by atoms with Crippen molar-refractivity contribution in [2.24, 2.45) is 0 Å². The van der Waals surface area contributed by atoms with Gasteiger partial charge in [0.1, 0.15) is 73.2 Å². The first-order chi connectivity index (χ1) is 31.8. The van der Waals surface area contributed by atoms with E-state index in [0.717, 1.165) is 25.7 Å². The second kappa shape index (κ2) is 33.2. The SMILES string of the molecule is CCCCCCCCCCCCCCCCCCCCCC/C=C/C(O)C(COC1OC(CO)C(OC2OC(CO)C(OC3OC(CO)C(O)C(O)C3O)C(O)C2O)C(O)C1O)NC(C)=O. The number of hydrogen-bond donors (Lipinski definition) is 12. The van der Waals surface area contributed by atoms with Gasteiger partial charge in [-0.3, -0.25) is 4.79 Å². The van der Waals surface area contributed by atoms with Gasteiger partial charge in [0.2, 0.25) is 5.91 Å². The topological polar surface area (TPSA) is 307 Å². The maximum atomic E-state index is 12.0. The second-order valence-electron chi connectivity index (χ2n) is 18.4. The highest BCUT2D eigenvalue weighted by atomic mass is 16.8. The van der Waals surface area contributed by atoms with Crippen molar-refractivity contribution in [3.05, 3.63) is 12.2 Å². The summed E-state index contributed by atoms with van der Waals surface area (Å²) in [5, 5.41) is 118. The molecule has 388 valence electrons. The minimum atomic E-state index is -1.97. The maximum absolute atomic E-state index is 12.0. The van der Waals surface area contributed by atoms with Crippen molar-refractivity contribution < 1.29 is 89.4 Å². The van der Waals surface area contributed by atoms with Gasteiger partial charge in [-0.15, -0.1) is 0 Å². The summed E-state index contributed by atoms with van der Waals surface area (Å²) in [6.45, 7) is 0.748. The molecular formula is C47H87NO18. The lowest BCUT2D eigenvalue weighted by molar-refractivity contribution is -0.379. The number of carbonyl (C=O) groups excluding carboxylic acids is 1. The fourth-order valence-corrected chi connectivity index (χ4v) is 8.75. The van der Waals surface area contributed by atoms with Crippen LogP contribution in [-0.2, 0) is 33.2 Å². The van der Waals surface area contributed by atoms with Gasteiger partial charge in [0.25, 0.3) is 0 Å². The standard InChI is InChI=1S/C47H87NO18/c1-3-4-5-6-7-8-9-10-11-12-13-14-15-16-17-18-19-20-21-22-23-24-25-32(53)31(48-30(2)52)29-61-45-41(59)38(56)43(34(27-50)63-45)66-47-42(60)39(57)44(35(28-51)64-47)65-46-40(58)37(55)36(54)33(26-49)62-46/h24-25,31-47,49-51,53-60H,3-23,26-29H2,1-2H3,(H,48,52)/b25-24+. The van der Waals surface area contributed by atoms with Crippen LogP contribution >= 0.6 is 0 Å². The molecule has 0 radical (unpaired) electrons. The summed E-state index contributed by atoms with van der Waals surface area (Å²) in [5.74, 6) is -0.452. The molecule has 0 aromatic heterocycles. The number of carbonyl (C=O) groups is 1. The van der Waals surface area contributed by atoms with E-state index in [-0.39, 0.29) is 6.61 Å². The predicted molar refractivity (Wildman–Crippen MR) is 240 cm³/mol. The number of aliphatic hydroxyl groups excluding tert-OH is 11. The molecule has 3 saturated heterocycles. The Bertz CT molecular complexity index is 1280. The van der Waals surface area contributed by atoms with Crippen LogP contribution in [0.25, 0.3) is 0 Å². The number of ether oxygens (including phenoxy) is 6. The van der Waals surface area contributed by atoms with E-state index in [1.807, 2.05) is 6.08 Å². The zero-order valence-corrected chi connectivity index (χ0v) is 39.4. The first-order valence-electron chi connectivity index (χ1n) is 24.9.